The number of nitrogens with one attached hydrogen (secondary N) is 1. The molecule has 3 N–H and O–H groups in total. The van der Waals surface area contributed by atoms with Gasteiger partial charge in [0, 0.05) is 18.0 Å². The van der Waals surface area contributed by atoms with Crippen LogP contribution in [0.25, 0.3) is 11.0 Å². The Hall–Kier alpha value is -1.26. The van der Waals surface area contributed by atoms with E-state index in [0.717, 1.165) is 29.8 Å². The second-order valence-electron chi connectivity index (χ2n) is 4.13. The molecule has 0 saturated heterocycles. The number of nitrogen functional groups attached to an aromatic ring is 1. The van der Waals surface area contributed by atoms with Crippen molar-refractivity contribution in [3.63, 3.8) is 0 Å². The summed E-state index contributed by atoms with van der Waals surface area (Å²) in [5, 5.41) is 0.632. The number of imidazole rings is 1. The number of rotatable bonds is 3. The Morgan fingerprint density at radius 2 is 2.19 bits per heavy atom. The van der Waals surface area contributed by atoms with E-state index >= 15 is 0 Å². The molecular formula is C11H15ClN4. The van der Waals surface area contributed by atoms with Crippen LogP contribution in [0.15, 0.2) is 12.1 Å². The van der Waals surface area contributed by atoms with Gasteiger partial charge in [0.25, 0.3) is 0 Å². The number of aromatic amines is 1. The molecule has 0 spiro atoms. The van der Waals surface area contributed by atoms with Crippen LogP contribution in [-0.2, 0) is 6.42 Å². The van der Waals surface area contributed by atoms with Crippen LogP contribution in [0.5, 0.6) is 0 Å². The lowest BCUT2D eigenvalue weighted by atomic mass is 10.3. The van der Waals surface area contributed by atoms with Crippen LogP contribution in [0.1, 0.15) is 5.82 Å². The molecule has 1 heterocycles. The summed E-state index contributed by atoms with van der Waals surface area (Å²) in [6.45, 7) is 0.952. The van der Waals surface area contributed by atoms with Crippen molar-refractivity contribution < 1.29 is 0 Å². The summed E-state index contributed by atoms with van der Waals surface area (Å²) in [7, 11) is 4.07. The third-order valence-corrected chi connectivity index (χ3v) is 2.64. The zero-order valence-electron chi connectivity index (χ0n) is 9.42. The zero-order valence-corrected chi connectivity index (χ0v) is 10.2. The van der Waals surface area contributed by atoms with Crippen molar-refractivity contribution in [3.05, 3.63) is 23.0 Å². The lowest BCUT2D eigenvalue weighted by Gasteiger charge is -2.06. The molecule has 0 radical (unpaired) electrons. The summed E-state index contributed by atoms with van der Waals surface area (Å²) in [5.41, 5.74) is 8.17. The third kappa shape index (κ3) is 2.28. The molecule has 0 atom stereocenters. The molecule has 86 valence electrons. The number of nitrogens with zero attached hydrogens (tertiary/aromatic N) is 2. The first kappa shape index (κ1) is 11.2. The molecule has 0 aliphatic carbocycles. The number of halogens is 1. The molecule has 4 nitrogen and oxygen atoms in total. The number of nitrogens with two attached hydrogens (primary N) is 1. The second-order valence-corrected chi connectivity index (χ2v) is 4.56. The number of benzene rings is 1. The molecule has 16 heavy (non-hydrogen) atoms. The maximum atomic E-state index is 5.92. The van der Waals surface area contributed by atoms with Gasteiger partial charge < -0.3 is 15.6 Å². The summed E-state index contributed by atoms with van der Waals surface area (Å²) in [6.07, 6.45) is 0.874. The van der Waals surface area contributed by atoms with Gasteiger partial charge in [-0.3, -0.25) is 0 Å². The molecule has 0 aliphatic heterocycles. The topological polar surface area (TPSA) is 57.9 Å². The van der Waals surface area contributed by atoms with E-state index in [1.165, 1.54) is 0 Å². The minimum atomic E-state index is 0.620. The first-order valence-electron chi connectivity index (χ1n) is 5.14. The van der Waals surface area contributed by atoms with Gasteiger partial charge in [-0.05, 0) is 26.2 Å². The summed E-state index contributed by atoms with van der Waals surface area (Å²) < 4.78 is 0. The average molecular weight is 239 g/mol. The molecule has 5 heteroatoms. The Kier molecular flexibility index (Phi) is 3.03. The molecule has 0 aliphatic rings. The van der Waals surface area contributed by atoms with E-state index in [-0.39, 0.29) is 0 Å². The Bertz CT molecular complexity index is 504. The van der Waals surface area contributed by atoms with Gasteiger partial charge in [0.1, 0.15) is 11.3 Å². The minimum Gasteiger partial charge on any atom is -0.397 e. The molecule has 0 saturated carbocycles. The number of H-pyrrole nitrogens is 1. The number of hydrogen-bond acceptors (Lipinski definition) is 3. The maximum Gasteiger partial charge on any atom is 0.112 e. The lowest BCUT2D eigenvalue weighted by molar-refractivity contribution is 0.410. The van der Waals surface area contributed by atoms with Crippen LogP contribution in [0.4, 0.5) is 5.69 Å². The number of fused-ring (bicyclic) bond motifs is 1. The van der Waals surface area contributed by atoms with E-state index in [0.29, 0.717) is 10.7 Å². The van der Waals surface area contributed by atoms with E-state index in [1.54, 1.807) is 6.07 Å². The number of likely N-dealkylation sites (N-methyl/N-ethyl adjacent to an activating group) is 1. The van der Waals surface area contributed by atoms with Gasteiger partial charge in [-0.15, -0.1) is 0 Å². The fraction of sp³-hybridized carbons (Fsp3) is 0.364. The predicted molar refractivity (Wildman–Crippen MR) is 67.8 cm³/mol. The van der Waals surface area contributed by atoms with Crippen LogP contribution in [0, 0.1) is 0 Å². The molecule has 1 aromatic carbocycles. The smallest absolute Gasteiger partial charge is 0.112 e. The molecule has 0 bridgehead atoms. The Morgan fingerprint density at radius 1 is 1.44 bits per heavy atom. The van der Waals surface area contributed by atoms with Gasteiger partial charge in [-0.2, -0.15) is 0 Å². The van der Waals surface area contributed by atoms with Crippen molar-refractivity contribution >= 4 is 28.3 Å². The Labute approximate surface area is 99.4 Å². The Morgan fingerprint density at radius 3 is 2.88 bits per heavy atom. The quantitative estimate of drug-likeness (QED) is 0.803. The molecule has 0 fully saturated rings. The van der Waals surface area contributed by atoms with E-state index < -0.39 is 0 Å². The van der Waals surface area contributed by atoms with E-state index in [4.69, 9.17) is 17.3 Å². The van der Waals surface area contributed by atoms with E-state index in [2.05, 4.69) is 14.9 Å². The monoisotopic (exact) mass is 238 g/mol. The average Bonchev–Trinajstić information content (AvgIpc) is 2.57. The fourth-order valence-electron chi connectivity index (χ4n) is 1.61. The molecule has 1 aromatic heterocycles. The van der Waals surface area contributed by atoms with E-state index in [1.807, 2.05) is 20.2 Å². The highest BCUT2D eigenvalue weighted by Gasteiger charge is 2.07. The van der Waals surface area contributed by atoms with Crippen molar-refractivity contribution in [2.24, 2.45) is 0 Å². The van der Waals surface area contributed by atoms with Gasteiger partial charge in [0.15, 0.2) is 0 Å². The summed E-state index contributed by atoms with van der Waals surface area (Å²) in [6, 6.07) is 3.57. The van der Waals surface area contributed by atoms with Crippen molar-refractivity contribution in [3.8, 4) is 0 Å². The zero-order chi connectivity index (χ0) is 11.7. The Balaban J connectivity index is 2.33. The van der Waals surface area contributed by atoms with Crippen molar-refractivity contribution in [1.29, 1.82) is 0 Å². The highest BCUT2D eigenvalue weighted by atomic mass is 35.5. The number of aromatic nitrogens is 2. The van der Waals surface area contributed by atoms with Crippen LogP contribution in [0.3, 0.4) is 0 Å². The van der Waals surface area contributed by atoms with Gasteiger partial charge in [-0.25, -0.2) is 4.98 Å². The highest BCUT2D eigenvalue weighted by Crippen LogP contribution is 2.24. The fourth-order valence-corrected chi connectivity index (χ4v) is 1.83. The van der Waals surface area contributed by atoms with Crippen LogP contribution in [0.2, 0.25) is 5.02 Å². The standard InChI is InChI=1S/C11H15ClN4/c1-16(2)4-3-10-14-9-6-7(12)5-8(13)11(9)15-10/h5-6H,3-4,13H2,1-2H3,(H,14,15). The molecule has 2 aromatic rings. The normalized spacial score (nSPS) is 11.5. The maximum absolute atomic E-state index is 5.92. The largest absolute Gasteiger partial charge is 0.397 e. The molecular weight excluding hydrogens is 224 g/mol. The summed E-state index contributed by atoms with van der Waals surface area (Å²) in [4.78, 5) is 9.80. The molecule has 0 unspecified atom stereocenters. The van der Waals surface area contributed by atoms with Crippen molar-refractivity contribution in [2.75, 3.05) is 26.4 Å². The second kappa shape index (κ2) is 4.31. The number of hydrogen-bond donors (Lipinski definition) is 2. The minimum absolute atomic E-state index is 0.620. The van der Waals surface area contributed by atoms with Crippen LogP contribution >= 0.6 is 11.6 Å². The SMILES string of the molecule is CN(C)CCc1nc2c(N)cc(Cl)cc2[nH]1. The first-order valence-corrected chi connectivity index (χ1v) is 5.52. The number of anilines is 1. The third-order valence-electron chi connectivity index (χ3n) is 2.43. The van der Waals surface area contributed by atoms with Crippen molar-refractivity contribution in [1.82, 2.24) is 14.9 Å². The van der Waals surface area contributed by atoms with Crippen LogP contribution in [-0.4, -0.2) is 35.5 Å². The summed E-state index contributed by atoms with van der Waals surface area (Å²) in [5.74, 6) is 0.942. The van der Waals surface area contributed by atoms with E-state index in [9.17, 15) is 0 Å². The first-order chi connectivity index (χ1) is 7.56. The van der Waals surface area contributed by atoms with Crippen LogP contribution < -0.4 is 5.73 Å². The molecule has 2 rings (SSSR count). The van der Waals surface area contributed by atoms with Gasteiger partial charge in [-0.1, -0.05) is 11.6 Å². The van der Waals surface area contributed by atoms with Crippen molar-refractivity contribution in [2.45, 2.75) is 6.42 Å². The summed E-state index contributed by atoms with van der Waals surface area (Å²) >= 11 is 5.92. The lowest BCUT2D eigenvalue weighted by Crippen LogP contribution is -2.15. The highest BCUT2D eigenvalue weighted by molar-refractivity contribution is 6.31. The molecule has 0 amide bonds. The van der Waals surface area contributed by atoms with Gasteiger partial charge in [0.05, 0.1) is 11.2 Å². The predicted octanol–water partition coefficient (Wildman–Crippen LogP) is 1.90. The van der Waals surface area contributed by atoms with Gasteiger partial charge >= 0.3 is 0 Å². The van der Waals surface area contributed by atoms with Gasteiger partial charge in [0.2, 0.25) is 0 Å².